The minimum atomic E-state index is -4.05. The Bertz CT molecular complexity index is 1290. The first-order chi connectivity index (χ1) is 17.1. The molecule has 0 bridgehead atoms. The number of hydrogen-bond acceptors (Lipinski definition) is 9. The Morgan fingerprint density at radius 3 is 2.22 bits per heavy atom. The van der Waals surface area contributed by atoms with E-state index in [0.29, 0.717) is 16.6 Å². The number of benzene rings is 2. The van der Waals surface area contributed by atoms with Crippen LogP contribution in [0.4, 0.5) is 11.4 Å². The molecule has 1 aliphatic heterocycles. The second-order valence-electron chi connectivity index (χ2n) is 7.86. The lowest BCUT2D eigenvalue weighted by molar-refractivity contribution is -0.148. The van der Waals surface area contributed by atoms with Gasteiger partial charge >= 0.3 is 5.97 Å². The highest BCUT2D eigenvalue weighted by atomic mass is 35.5. The number of ether oxygens (including phenoxy) is 1. The van der Waals surface area contributed by atoms with E-state index in [4.69, 9.17) is 16.3 Å². The fourth-order valence-electron chi connectivity index (χ4n) is 3.70. The number of ketones is 1. The molecule has 0 spiro atoms. The number of anilines is 2. The number of nitriles is 1. The van der Waals surface area contributed by atoms with E-state index in [0.717, 1.165) is 11.4 Å². The van der Waals surface area contributed by atoms with Gasteiger partial charge in [-0.15, -0.1) is 0 Å². The van der Waals surface area contributed by atoms with Crippen LogP contribution < -0.4 is 14.5 Å². The predicted molar refractivity (Wildman–Crippen MR) is 140 cm³/mol. The zero-order valence-electron chi connectivity index (χ0n) is 19.9. The molecule has 1 aliphatic rings. The number of Topliss-reactive ketones (excluding diaryl/α,β-unsaturated/α-hetero) is 1. The number of carbonyl (C=O) groups excluding carboxylic acids is 2. The molecule has 36 heavy (non-hydrogen) atoms. The molecule has 0 radical (unpaired) electrons. The van der Waals surface area contributed by atoms with Gasteiger partial charge in [-0.2, -0.15) is 21.7 Å². The first-order valence-electron chi connectivity index (χ1n) is 10.8. The summed E-state index contributed by atoms with van der Waals surface area (Å²) in [6.45, 7) is -0.707. The number of fused-ring (bicyclic) bond motifs is 1. The molecule has 1 atom stereocenters. The van der Waals surface area contributed by atoms with Crippen molar-refractivity contribution in [1.29, 1.82) is 5.26 Å². The van der Waals surface area contributed by atoms with Gasteiger partial charge in [-0.05, 0) is 54.8 Å². The lowest BCUT2D eigenvalue weighted by Crippen LogP contribution is -2.42. The minimum absolute atomic E-state index is 0.0618. The van der Waals surface area contributed by atoms with Crippen molar-refractivity contribution in [2.75, 3.05) is 42.5 Å². The quantitative estimate of drug-likeness (QED) is 0.271. The fourth-order valence-corrected chi connectivity index (χ4v) is 5.51. The molecule has 3 rings (SSSR count). The molecule has 9 nitrogen and oxygen atoms in total. The zero-order chi connectivity index (χ0) is 26.5. The molecule has 0 amide bonds. The Balaban J connectivity index is 1.75. The van der Waals surface area contributed by atoms with Crippen molar-refractivity contribution >= 4 is 56.5 Å². The Hall–Kier alpha value is -3.04. The van der Waals surface area contributed by atoms with Gasteiger partial charge in [0.2, 0.25) is 15.8 Å². The summed E-state index contributed by atoms with van der Waals surface area (Å²) >= 11 is 7.26. The monoisotopic (exact) mass is 548 g/mol. The fraction of sp³-hybridized carbons (Fsp3) is 0.292. The highest BCUT2D eigenvalue weighted by Crippen LogP contribution is 2.40. The summed E-state index contributed by atoms with van der Waals surface area (Å²) in [6.07, 6.45) is 1.96. The SMILES string of the molecule is CSCC[C@H](NS(=O)(=O)c1ccc(Cl)cc1)C(=O)OCC(=O)C(C#N)=C1N(C)c2ccccc2N1C. The molecule has 0 saturated carbocycles. The number of carbonyl (C=O) groups is 2. The topological polar surface area (TPSA) is 120 Å². The van der Waals surface area contributed by atoms with Gasteiger partial charge in [-0.25, -0.2) is 8.42 Å². The summed E-state index contributed by atoms with van der Waals surface area (Å²) in [5.41, 5.74) is 1.47. The highest BCUT2D eigenvalue weighted by Gasteiger charge is 2.32. The van der Waals surface area contributed by atoms with Gasteiger partial charge in [0.25, 0.3) is 0 Å². The van der Waals surface area contributed by atoms with Gasteiger partial charge < -0.3 is 14.5 Å². The van der Waals surface area contributed by atoms with Crippen molar-refractivity contribution in [2.45, 2.75) is 17.4 Å². The van der Waals surface area contributed by atoms with E-state index >= 15 is 0 Å². The number of sulfonamides is 1. The van der Waals surface area contributed by atoms with Gasteiger partial charge in [-0.1, -0.05) is 23.7 Å². The number of esters is 1. The average molecular weight is 549 g/mol. The zero-order valence-corrected chi connectivity index (χ0v) is 22.3. The van der Waals surface area contributed by atoms with Crippen LogP contribution in [0.3, 0.4) is 0 Å². The van der Waals surface area contributed by atoms with Crippen LogP contribution >= 0.6 is 23.4 Å². The second kappa shape index (κ2) is 11.8. The van der Waals surface area contributed by atoms with E-state index in [1.54, 1.807) is 23.9 Å². The maximum absolute atomic E-state index is 12.9. The van der Waals surface area contributed by atoms with E-state index in [1.807, 2.05) is 36.6 Å². The summed E-state index contributed by atoms with van der Waals surface area (Å²) in [4.78, 5) is 29.1. The molecule has 190 valence electrons. The summed E-state index contributed by atoms with van der Waals surface area (Å²) in [5.74, 6) is -0.773. The first-order valence-corrected chi connectivity index (χ1v) is 14.0. The van der Waals surface area contributed by atoms with E-state index < -0.39 is 34.4 Å². The Kier molecular flexibility index (Phi) is 9.03. The number of nitrogens with zero attached hydrogens (tertiary/aromatic N) is 3. The van der Waals surface area contributed by atoms with Crippen LogP contribution in [0, 0.1) is 11.3 Å². The molecule has 2 aromatic carbocycles. The summed E-state index contributed by atoms with van der Waals surface area (Å²) in [7, 11) is -0.579. The van der Waals surface area contributed by atoms with E-state index in [9.17, 15) is 23.3 Å². The van der Waals surface area contributed by atoms with Gasteiger partial charge in [0, 0.05) is 19.1 Å². The van der Waals surface area contributed by atoms with E-state index in [1.165, 1.54) is 36.0 Å². The van der Waals surface area contributed by atoms with Gasteiger partial charge in [0.15, 0.2) is 6.61 Å². The lowest BCUT2D eigenvalue weighted by atomic mass is 10.2. The van der Waals surface area contributed by atoms with E-state index in [-0.39, 0.29) is 16.9 Å². The largest absolute Gasteiger partial charge is 0.456 e. The maximum atomic E-state index is 12.9. The summed E-state index contributed by atoms with van der Waals surface area (Å²) in [6, 6.07) is 13.6. The smallest absolute Gasteiger partial charge is 0.324 e. The van der Waals surface area contributed by atoms with Crippen LogP contribution in [0.2, 0.25) is 5.02 Å². The van der Waals surface area contributed by atoms with Crippen LogP contribution in [0.5, 0.6) is 0 Å². The van der Waals surface area contributed by atoms with Crippen molar-refractivity contribution in [1.82, 2.24) is 4.72 Å². The Morgan fingerprint density at radius 1 is 1.11 bits per heavy atom. The average Bonchev–Trinajstić information content (AvgIpc) is 3.11. The normalized spacial score (nSPS) is 13.7. The minimum Gasteiger partial charge on any atom is -0.456 e. The van der Waals surface area contributed by atoms with Crippen molar-refractivity contribution in [3.8, 4) is 6.07 Å². The number of rotatable bonds is 10. The van der Waals surface area contributed by atoms with E-state index in [2.05, 4.69) is 4.72 Å². The van der Waals surface area contributed by atoms with Gasteiger partial charge in [-0.3, -0.25) is 9.59 Å². The molecule has 2 aromatic rings. The molecule has 1 heterocycles. The molecule has 12 heteroatoms. The molecule has 0 aliphatic carbocycles. The first kappa shape index (κ1) is 27.5. The molecular formula is C24H25ClN4O5S2. The summed E-state index contributed by atoms with van der Waals surface area (Å²) < 4.78 is 33.1. The summed E-state index contributed by atoms with van der Waals surface area (Å²) in [5, 5.41) is 10.1. The predicted octanol–water partition coefficient (Wildman–Crippen LogP) is 3.17. The van der Waals surface area contributed by atoms with Gasteiger partial charge in [0.05, 0.1) is 16.3 Å². The van der Waals surface area contributed by atoms with Crippen LogP contribution in [-0.2, 0) is 24.3 Å². The molecule has 0 aromatic heterocycles. The lowest BCUT2D eigenvalue weighted by Gasteiger charge is -2.20. The van der Waals surface area contributed by atoms with Crippen LogP contribution in [-0.4, -0.2) is 58.9 Å². The molecule has 0 fully saturated rings. The second-order valence-corrected chi connectivity index (χ2v) is 11.0. The number of nitrogens with one attached hydrogen (secondary N) is 1. The third-order valence-corrected chi connectivity index (χ3v) is 7.90. The van der Waals surface area contributed by atoms with Crippen molar-refractivity contribution in [3.05, 3.63) is 64.9 Å². The Labute approximate surface area is 219 Å². The number of halogens is 1. The van der Waals surface area contributed by atoms with Crippen LogP contribution in [0.1, 0.15) is 6.42 Å². The molecule has 0 unspecified atom stereocenters. The molecule has 0 saturated heterocycles. The van der Waals surface area contributed by atoms with Gasteiger partial charge in [0.1, 0.15) is 23.5 Å². The Morgan fingerprint density at radius 2 is 1.69 bits per heavy atom. The van der Waals surface area contributed by atoms with Crippen LogP contribution in [0.25, 0.3) is 0 Å². The van der Waals surface area contributed by atoms with Crippen molar-refractivity contribution in [2.24, 2.45) is 0 Å². The number of thioether (sulfide) groups is 1. The third-order valence-electron chi connectivity index (χ3n) is 5.52. The molecular weight excluding hydrogens is 524 g/mol. The third kappa shape index (κ3) is 6.02. The number of hydrogen-bond donors (Lipinski definition) is 1. The standard InChI is InChI=1S/C24H25ClN4O5S2/c1-28-20-6-4-5-7-21(20)29(2)23(28)18(14-26)22(30)15-34-24(31)19(12-13-35-3)27-36(32,33)17-10-8-16(25)9-11-17/h4-11,19,27H,12-13,15H2,1-3H3/t19-/m0/s1. The van der Waals surface area contributed by atoms with Crippen molar-refractivity contribution < 1.29 is 22.7 Å². The van der Waals surface area contributed by atoms with Crippen LogP contribution in [0.15, 0.2) is 64.8 Å². The maximum Gasteiger partial charge on any atom is 0.324 e. The number of para-hydroxylation sites is 2. The van der Waals surface area contributed by atoms with Crippen molar-refractivity contribution in [3.63, 3.8) is 0 Å². The molecule has 1 N–H and O–H groups in total. The highest BCUT2D eigenvalue weighted by molar-refractivity contribution is 7.98.